The molecule has 0 radical (unpaired) electrons. The van der Waals surface area contributed by atoms with Gasteiger partial charge in [-0.1, -0.05) is 29.8 Å². The molecule has 0 unspecified atom stereocenters. The lowest BCUT2D eigenvalue weighted by molar-refractivity contribution is -0.150. The van der Waals surface area contributed by atoms with Crippen molar-refractivity contribution in [1.29, 1.82) is 0 Å². The van der Waals surface area contributed by atoms with Crippen molar-refractivity contribution in [3.05, 3.63) is 58.1 Å². The average molecular weight is 806 g/mol. The molecule has 0 spiro atoms. The fourth-order valence-electron chi connectivity index (χ4n) is 8.27. The number of likely N-dealkylation sites (N-methyl/N-ethyl adjacent to an activating group) is 1. The molecular weight excluding hydrogens is 755 g/mol. The number of piperidine rings is 3. The van der Waals surface area contributed by atoms with E-state index in [4.69, 9.17) is 26.8 Å². The van der Waals surface area contributed by atoms with E-state index in [0.29, 0.717) is 71.4 Å². The van der Waals surface area contributed by atoms with Crippen LogP contribution in [0.25, 0.3) is 0 Å². The SMILES string of the molecule is CNCCOC(=O)[C@H]1CCCN(C2CCN(C(=O)[C@@H](Cc3cc(Cl)c(N)c(C(F)(F)F)c3)OC(=O)N3CCC(N4CCc5ccccc5NC4=O)CC3)CC2)C1. The molecule has 0 aliphatic carbocycles. The van der Waals surface area contributed by atoms with Gasteiger partial charge in [0.25, 0.3) is 5.91 Å². The zero-order valence-corrected chi connectivity index (χ0v) is 32.4. The summed E-state index contributed by atoms with van der Waals surface area (Å²) in [7, 11) is 1.79. The lowest BCUT2D eigenvalue weighted by Gasteiger charge is -2.42. The second kappa shape index (κ2) is 18.3. The van der Waals surface area contributed by atoms with Gasteiger partial charge in [-0.15, -0.1) is 0 Å². The maximum atomic E-state index is 14.1. The van der Waals surface area contributed by atoms with Crippen molar-refractivity contribution >= 4 is 47.0 Å². The standard InChI is InChI=1S/C39H51ClF3N7O6/c1-45-13-20-55-36(52)27-6-4-14-49(24-27)28-9-15-47(16-10-28)35(51)33(23-25-21-30(39(41,42)43)34(44)31(40)22-25)56-38(54)48-17-11-29(12-18-48)50-19-8-26-5-2-3-7-32(26)46-37(50)53/h2-3,5,7,21-22,27-29,33,45H,4,6,8-20,23-24,44H2,1H3,(H,46,53)/t27-,33+/m0/s1. The summed E-state index contributed by atoms with van der Waals surface area (Å²) in [6, 6.07) is 9.56. The Morgan fingerprint density at radius 1 is 0.982 bits per heavy atom. The highest BCUT2D eigenvalue weighted by Gasteiger charge is 2.39. The minimum absolute atomic E-state index is 0.0467. The minimum Gasteiger partial charge on any atom is -0.464 e. The van der Waals surface area contributed by atoms with Crippen molar-refractivity contribution in [1.82, 2.24) is 24.9 Å². The second-order valence-electron chi connectivity index (χ2n) is 15.0. The summed E-state index contributed by atoms with van der Waals surface area (Å²) in [6.07, 6.45) is -2.84. The monoisotopic (exact) mass is 805 g/mol. The first-order chi connectivity index (χ1) is 26.8. The van der Waals surface area contributed by atoms with Crippen LogP contribution in [0.2, 0.25) is 5.02 Å². The molecule has 3 saturated heterocycles. The van der Waals surface area contributed by atoms with E-state index in [1.54, 1.807) is 16.8 Å². The predicted octanol–water partition coefficient (Wildman–Crippen LogP) is 5.01. The zero-order chi connectivity index (χ0) is 40.0. The number of fused-ring (bicyclic) bond motifs is 1. The maximum Gasteiger partial charge on any atom is 0.418 e. The number of alkyl halides is 3. The van der Waals surface area contributed by atoms with E-state index < -0.39 is 35.5 Å². The smallest absolute Gasteiger partial charge is 0.418 e. The Morgan fingerprint density at radius 3 is 2.39 bits per heavy atom. The Labute approximate surface area is 329 Å². The largest absolute Gasteiger partial charge is 0.464 e. The van der Waals surface area contributed by atoms with Gasteiger partial charge in [0.1, 0.15) is 6.61 Å². The summed E-state index contributed by atoms with van der Waals surface area (Å²) in [6.45, 7) is 4.02. The van der Waals surface area contributed by atoms with Gasteiger partial charge in [-0.05, 0) is 87.9 Å². The average Bonchev–Trinajstić information content (AvgIpc) is 3.36. The Kier molecular flexibility index (Phi) is 13.5. The first kappa shape index (κ1) is 41.4. The number of hydrogen-bond acceptors (Lipinski definition) is 9. The summed E-state index contributed by atoms with van der Waals surface area (Å²) in [5, 5.41) is 5.62. The van der Waals surface area contributed by atoms with E-state index in [-0.39, 0.29) is 60.1 Å². The number of para-hydroxylation sites is 1. The molecule has 17 heteroatoms. The fraction of sp³-hybridized carbons (Fsp3) is 0.590. The quantitative estimate of drug-likeness (QED) is 0.171. The molecule has 2 atom stereocenters. The molecular formula is C39H51ClF3N7O6. The van der Waals surface area contributed by atoms with Crippen LogP contribution in [0.3, 0.4) is 0 Å². The van der Waals surface area contributed by atoms with Gasteiger partial charge < -0.3 is 40.5 Å². The summed E-state index contributed by atoms with van der Waals surface area (Å²) >= 11 is 6.13. The van der Waals surface area contributed by atoms with E-state index >= 15 is 0 Å². The number of nitrogens with one attached hydrogen (secondary N) is 2. The number of nitrogens with two attached hydrogens (primary N) is 1. The Hall–Kier alpha value is -4.28. The van der Waals surface area contributed by atoms with E-state index in [2.05, 4.69) is 15.5 Å². The number of nitrogen functional groups attached to an aromatic ring is 1. The van der Waals surface area contributed by atoms with Crippen LogP contribution >= 0.6 is 11.6 Å². The van der Waals surface area contributed by atoms with Gasteiger partial charge in [0.2, 0.25) is 0 Å². The molecule has 13 nitrogen and oxygen atoms in total. The number of benzene rings is 2. The normalized spacial score (nSPS) is 20.8. The molecule has 6 rings (SSSR count). The number of ether oxygens (including phenoxy) is 2. The molecule has 3 fully saturated rings. The van der Waals surface area contributed by atoms with Crippen LogP contribution in [0.5, 0.6) is 0 Å². The summed E-state index contributed by atoms with van der Waals surface area (Å²) in [5.41, 5.74) is 5.79. The van der Waals surface area contributed by atoms with Gasteiger partial charge >= 0.3 is 24.3 Å². The number of anilines is 2. The number of amides is 4. The van der Waals surface area contributed by atoms with Gasteiger partial charge in [0.05, 0.1) is 22.2 Å². The molecule has 4 N–H and O–H groups in total. The van der Waals surface area contributed by atoms with E-state index in [9.17, 15) is 32.3 Å². The molecule has 56 heavy (non-hydrogen) atoms. The number of carbonyl (C=O) groups is 4. The highest BCUT2D eigenvalue weighted by atomic mass is 35.5. The third-order valence-electron chi connectivity index (χ3n) is 11.4. The summed E-state index contributed by atoms with van der Waals surface area (Å²) in [4.78, 5) is 60.7. The first-order valence-electron chi connectivity index (χ1n) is 19.4. The van der Waals surface area contributed by atoms with E-state index in [1.807, 2.05) is 24.3 Å². The molecule has 4 aliphatic rings. The van der Waals surface area contributed by atoms with Crippen molar-refractivity contribution in [2.45, 2.75) is 75.7 Å². The van der Waals surface area contributed by atoms with Crippen LogP contribution in [0, 0.1) is 5.92 Å². The maximum absolute atomic E-state index is 14.1. The molecule has 2 aromatic rings. The van der Waals surface area contributed by atoms with Gasteiger partial charge in [-0.2, -0.15) is 13.2 Å². The van der Waals surface area contributed by atoms with Crippen molar-refractivity contribution in [3.63, 3.8) is 0 Å². The van der Waals surface area contributed by atoms with E-state index in [1.165, 1.54) is 11.0 Å². The van der Waals surface area contributed by atoms with Gasteiger partial charge in [-0.3, -0.25) is 14.5 Å². The highest BCUT2D eigenvalue weighted by Crippen LogP contribution is 2.38. The van der Waals surface area contributed by atoms with Crippen LogP contribution < -0.4 is 16.4 Å². The van der Waals surface area contributed by atoms with Crippen LogP contribution in [0.15, 0.2) is 36.4 Å². The van der Waals surface area contributed by atoms with Gasteiger partial charge in [0.15, 0.2) is 6.10 Å². The molecule has 0 bridgehead atoms. The fourth-order valence-corrected chi connectivity index (χ4v) is 8.51. The lowest BCUT2D eigenvalue weighted by atomic mass is 9.93. The zero-order valence-electron chi connectivity index (χ0n) is 31.6. The number of carbonyl (C=O) groups excluding carboxylic acids is 4. The molecule has 0 saturated carbocycles. The Morgan fingerprint density at radius 2 is 1.68 bits per heavy atom. The Balaban J connectivity index is 1.10. The van der Waals surface area contributed by atoms with Crippen LogP contribution in [-0.2, 0) is 38.1 Å². The van der Waals surface area contributed by atoms with Gasteiger partial charge in [-0.25, -0.2) is 9.59 Å². The van der Waals surface area contributed by atoms with Crippen molar-refractivity contribution in [2.24, 2.45) is 5.92 Å². The third-order valence-corrected chi connectivity index (χ3v) is 11.7. The van der Waals surface area contributed by atoms with Crippen molar-refractivity contribution < 1.29 is 41.8 Å². The number of halogens is 4. The number of likely N-dealkylation sites (tertiary alicyclic amines) is 3. The molecule has 0 aromatic heterocycles. The van der Waals surface area contributed by atoms with Crippen LogP contribution in [-0.4, -0.2) is 128 Å². The second-order valence-corrected chi connectivity index (χ2v) is 15.4. The predicted molar refractivity (Wildman–Crippen MR) is 204 cm³/mol. The first-order valence-corrected chi connectivity index (χ1v) is 19.8. The number of nitrogens with zero attached hydrogens (tertiary/aromatic N) is 4. The summed E-state index contributed by atoms with van der Waals surface area (Å²) in [5.74, 6) is -0.943. The lowest BCUT2D eigenvalue weighted by Crippen LogP contribution is -2.53. The third kappa shape index (κ3) is 9.98. The van der Waals surface area contributed by atoms with Crippen LogP contribution in [0.1, 0.15) is 55.2 Å². The van der Waals surface area contributed by atoms with Crippen molar-refractivity contribution in [3.8, 4) is 0 Å². The molecule has 306 valence electrons. The number of rotatable bonds is 10. The number of urea groups is 1. The molecule has 4 aliphatic heterocycles. The number of esters is 1. The molecule has 4 amide bonds. The van der Waals surface area contributed by atoms with E-state index in [0.717, 1.165) is 36.7 Å². The highest BCUT2D eigenvalue weighted by molar-refractivity contribution is 6.33. The molecule has 4 heterocycles. The summed E-state index contributed by atoms with van der Waals surface area (Å²) < 4.78 is 53.0. The topological polar surface area (TPSA) is 150 Å². The van der Waals surface area contributed by atoms with Crippen molar-refractivity contribution in [2.75, 3.05) is 77.1 Å². The van der Waals surface area contributed by atoms with Gasteiger partial charge in [0, 0.05) is 70.0 Å². The van der Waals surface area contributed by atoms with Crippen LogP contribution in [0.4, 0.5) is 34.1 Å². The minimum atomic E-state index is -4.80. The Bertz CT molecular complexity index is 1730. The number of hydrogen-bond donors (Lipinski definition) is 3. The molecule has 2 aromatic carbocycles.